The molecule has 1 heterocycles. The van der Waals surface area contributed by atoms with E-state index in [1.165, 1.54) is 24.0 Å². The number of para-hydroxylation sites is 1. The largest absolute Gasteiger partial charge is 0.335 e. The minimum Gasteiger partial charge on any atom is -0.335 e. The number of nitrogens with one attached hydrogen (secondary N) is 1. The number of nitrogens with zero attached hydrogens (tertiary/aromatic N) is 2. The zero-order valence-electron chi connectivity index (χ0n) is 12.9. The van der Waals surface area contributed by atoms with E-state index in [4.69, 9.17) is 0 Å². The molecule has 0 aliphatic carbocycles. The van der Waals surface area contributed by atoms with Crippen LogP contribution < -0.4 is 5.32 Å². The van der Waals surface area contributed by atoms with Crippen molar-refractivity contribution in [3.8, 4) is 0 Å². The molecule has 0 atom stereocenters. The van der Waals surface area contributed by atoms with Crippen molar-refractivity contribution in [1.29, 1.82) is 0 Å². The molecular formula is C16H17N3O2S2. The van der Waals surface area contributed by atoms with Gasteiger partial charge < -0.3 is 5.32 Å². The molecule has 120 valence electrons. The van der Waals surface area contributed by atoms with Gasteiger partial charge in [-0.25, -0.2) is 17.7 Å². The number of benzene rings is 2. The van der Waals surface area contributed by atoms with E-state index in [2.05, 4.69) is 16.4 Å². The number of thioether (sulfide) groups is 1. The summed E-state index contributed by atoms with van der Waals surface area (Å²) in [5, 5.41) is 3.97. The first-order valence-electron chi connectivity index (χ1n) is 7.06. The van der Waals surface area contributed by atoms with Crippen LogP contribution in [0.5, 0.6) is 0 Å². The average Bonchev–Trinajstić information content (AvgIpc) is 2.55. The molecule has 1 aliphatic rings. The molecule has 1 N–H and O–H groups in total. The van der Waals surface area contributed by atoms with Crippen LogP contribution in [-0.2, 0) is 15.8 Å². The maximum atomic E-state index is 12.2. The highest BCUT2D eigenvalue weighted by Crippen LogP contribution is 2.31. The highest BCUT2D eigenvalue weighted by atomic mass is 32.2. The molecule has 2 aromatic carbocycles. The van der Waals surface area contributed by atoms with Crippen LogP contribution in [0.15, 0.2) is 58.4 Å². The van der Waals surface area contributed by atoms with Gasteiger partial charge in [0.1, 0.15) is 0 Å². The van der Waals surface area contributed by atoms with Crippen LogP contribution in [-0.4, -0.2) is 32.0 Å². The lowest BCUT2D eigenvalue weighted by atomic mass is 10.2. The van der Waals surface area contributed by atoms with Crippen molar-refractivity contribution >= 4 is 38.3 Å². The molecule has 23 heavy (non-hydrogen) atoms. The number of amidine groups is 1. The normalized spacial score (nSPS) is 14.3. The third kappa shape index (κ3) is 3.41. The molecule has 0 saturated carbocycles. The first-order chi connectivity index (χ1) is 11.0. The van der Waals surface area contributed by atoms with E-state index >= 15 is 0 Å². The molecule has 0 amide bonds. The lowest BCUT2D eigenvalue weighted by molar-refractivity contribution is 0.521. The van der Waals surface area contributed by atoms with Gasteiger partial charge in [0.15, 0.2) is 5.17 Å². The number of hydrogen-bond donors (Lipinski definition) is 1. The van der Waals surface area contributed by atoms with E-state index < -0.39 is 10.0 Å². The topological polar surface area (TPSA) is 61.8 Å². The van der Waals surface area contributed by atoms with Gasteiger partial charge in [0.2, 0.25) is 10.0 Å². The smallest absolute Gasteiger partial charge is 0.242 e. The molecule has 0 radical (unpaired) electrons. The highest BCUT2D eigenvalue weighted by Gasteiger charge is 2.18. The van der Waals surface area contributed by atoms with Gasteiger partial charge in [-0.15, -0.1) is 0 Å². The Labute approximate surface area is 140 Å². The maximum absolute atomic E-state index is 12.2. The van der Waals surface area contributed by atoms with E-state index in [1.807, 2.05) is 24.3 Å². The van der Waals surface area contributed by atoms with E-state index in [1.54, 1.807) is 30.0 Å². The Morgan fingerprint density at radius 1 is 1.13 bits per heavy atom. The minimum absolute atomic E-state index is 0.259. The molecule has 1 aliphatic heterocycles. The zero-order valence-corrected chi connectivity index (χ0v) is 14.5. The molecule has 0 fully saturated rings. The fourth-order valence-corrected chi connectivity index (χ4v) is 4.00. The fourth-order valence-electron chi connectivity index (χ4n) is 2.16. The third-order valence-corrected chi connectivity index (χ3v) is 6.18. The Morgan fingerprint density at radius 3 is 2.70 bits per heavy atom. The van der Waals surface area contributed by atoms with Crippen molar-refractivity contribution in [3.05, 3.63) is 54.1 Å². The number of fused-ring (bicyclic) bond motifs is 1. The molecule has 5 nitrogen and oxygen atoms in total. The first-order valence-corrected chi connectivity index (χ1v) is 9.48. The summed E-state index contributed by atoms with van der Waals surface area (Å²) < 4.78 is 25.6. The lowest BCUT2D eigenvalue weighted by Gasteiger charge is -2.17. The summed E-state index contributed by atoms with van der Waals surface area (Å²) in [7, 11) is -0.400. The van der Waals surface area contributed by atoms with Gasteiger partial charge in [0.05, 0.1) is 10.6 Å². The quantitative estimate of drug-likeness (QED) is 0.925. The molecule has 2 aromatic rings. The van der Waals surface area contributed by atoms with E-state index in [0.717, 1.165) is 16.6 Å². The van der Waals surface area contributed by atoms with Crippen LogP contribution in [0.3, 0.4) is 0 Å². The van der Waals surface area contributed by atoms with Gasteiger partial charge in [-0.3, -0.25) is 0 Å². The monoisotopic (exact) mass is 347 g/mol. The highest BCUT2D eigenvalue weighted by molar-refractivity contribution is 8.13. The second-order valence-corrected chi connectivity index (χ2v) is 8.39. The van der Waals surface area contributed by atoms with Crippen LogP contribution in [0.2, 0.25) is 0 Å². The van der Waals surface area contributed by atoms with Gasteiger partial charge in [0, 0.05) is 25.5 Å². The summed E-state index contributed by atoms with van der Waals surface area (Å²) in [6, 6.07) is 14.8. The summed E-state index contributed by atoms with van der Waals surface area (Å²) in [6.07, 6.45) is 0. The van der Waals surface area contributed by atoms with Crippen LogP contribution in [0, 0.1) is 0 Å². The fraction of sp³-hybridized carbons (Fsp3) is 0.188. The number of aliphatic imine (C=N–C) groups is 1. The SMILES string of the molecule is CN(C)S(=O)(=O)c1cccc(NC2=Nc3ccccc3CS2)c1. The summed E-state index contributed by atoms with van der Waals surface area (Å²) in [4.78, 5) is 4.83. The van der Waals surface area contributed by atoms with Crippen molar-refractivity contribution in [2.45, 2.75) is 10.6 Å². The predicted octanol–water partition coefficient (Wildman–Crippen LogP) is 3.28. The van der Waals surface area contributed by atoms with Gasteiger partial charge >= 0.3 is 0 Å². The lowest BCUT2D eigenvalue weighted by Crippen LogP contribution is -2.22. The molecule has 0 saturated heterocycles. The maximum Gasteiger partial charge on any atom is 0.242 e. The first kappa shape index (κ1) is 16.0. The van der Waals surface area contributed by atoms with E-state index in [9.17, 15) is 8.42 Å². The van der Waals surface area contributed by atoms with E-state index in [0.29, 0.717) is 5.69 Å². The second-order valence-electron chi connectivity index (χ2n) is 5.27. The number of hydrogen-bond acceptors (Lipinski definition) is 5. The summed E-state index contributed by atoms with van der Waals surface area (Å²) in [5.74, 6) is 0.845. The van der Waals surface area contributed by atoms with E-state index in [-0.39, 0.29) is 4.90 Å². The molecule has 0 bridgehead atoms. The van der Waals surface area contributed by atoms with Gasteiger partial charge in [0.25, 0.3) is 0 Å². The average molecular weight is 347 g/mol. The zero-order chi connectivity index (χ0) is 16.4. The molecule has 0 spiro atoms. The summed E-state index contributed by atoms with van der Waals surface area (Å²) in [5.41, 5.74) is 2.86. The molecule has 0 unspecified atom stereocenters. The Kier molecular flexibility index (Phi) is 4.43. The van der Waals surface area contributed by atoms with Crippen molar-refractivity contribution in [2.24, 2.45) is 4.99 Å². The van der Waals surface area contributed by atoms with Crippen LogP contribution >= 0.6 is 11.8 Å². The summed E-state index contributed by atoms with van der Waals surface area (Å²) >= 11 is 1.60. The van der Waals surface area contributed by atoms with Crippen molar-refractivity contribution in [3.63, 3.8) is 0 Å². The van der Waals surface area contributed by atoms with Gasteiger partial charge in [-0.05, 0) is 29.8 Å². The van der Waals surface area contributed by atoms with Crippen molar-refractivity contribution in [1.82, 2.24) is 4.31 Å². The van der Waals surface area contributed by atoms with Crippen molar-refractivity contribution in [2.75, 3.05) is 19.4 Å². The standard InChI is InChI=1S/C16H17N3O2S2/c1-19(2)23(20,21)14-8-5-7-13(10-14)17-16-18-15-9-4-3-6-12(15)11-22-16/h3-10H,11H2,1-2H3,(H,17,18). The number of sulfonamides is 1. The Bertz CT molecular complexity index is 861. The summed E-state index contributed by atoms with van der Waals surface area (Å²) in [6.45, 7) is 0. The predicted molar refractivity (Wildman–Crippen MR) is 95.8 cm³/mol. The Balaban J connectivity index is 1.86. The van der Waals surface area contributed by atoms with Gasteiger partial charge in [-0.2, -0.15) is 0 Å². The Hall–Kier alpha value is -1.83. The Morgan fingerprint density at radius 2 is 1.91 bits per heavy atom. The van der Waals surface area contributed by atoms with Gasteiger partial charge in [-0.1, -0.05) is 36.0 Å². The number of anilines is 1. The molecular weight excluding hydrogens is 330 g/mol. The van der Waals surface area contributed by atoms with Crippen LogP contribution in [0.25, 0.3) is 0 Å². The molecule has 3 rings (SSSR count). The number of rotatable bonds is 3. The van der Waals surface area contributed by atoms with Crippen LogP contribution in [0.4, 0.5) is 11.4 Å². The third-order valence-electron chi connectivity index (χ3n) is 3.44. The molecule has 0 aromatic heterocycles. The minimum atomic E-state index is -3.44. The second kappa shape index (κ2) is 6.35. The van der Waals surface area contributed by atoms with Crippen LogP contribution in [0.1, 0.15) is 5.56 Å². The van der Waals surface area contributed by atoms with Crippen molar-refractivity contribution < 1.29 is 8.42 Å². The molecule has 7 heteroatoms.